The first-order chi connectivity index (χ1) is 6.62. The van der Waals surface area contributed by atoms with Gasteiger partial charge in [-0.1, -0.05) is 20.4 Å². The lowest BCUT2D eigenvalue weighted by Crippen LogP contribution is -2.49. The molecule has 1 heterocycles. The Labute approximate surface area is 85.1 Å². The molecule has 1 aliphatic rings. The number of carbonyl (C=O) groups excluding carboxylic acids is 1. The molecular weight excluding hydrogens is 180 g/mol. The van der Waals surface area contributed by atoms with Crippen molar-refractivity contribution in [3.8, 4) is 0 Å². The van der Waals surface area contributed by atoms with Gasteiger partial charge in [0.2, 0.25) is 0 Å². The Hall–Kier alpha value is -0.830. The van der Waals surface area contributed by atoms with E-state index in [1.165, 1.54) is 6.08 Å². The van der Waals surface area contributed by atoms with E-state index >= 15 is 0 Å². The molecule has 0 aliphatic carbocycles. The molecule has 0 aromatic rings. The molecule has 0 saturated carbocycles. The average Bonchev–Trinajstić information content (AvgIpc) is 2.20. The Kier molecular flexibility index (Phi) is 3.69. The molecule has 0 radical (unpaired) electrons. The molecule has 3 heteroatoms. The zero-order valence-corrected chi connectivity index (χ0v) is 8.91. The maximum absolute atomic E-state index is 10.7. The first kappa shape index (κ1) is 11.2. The molecule has 3 nitrogen and oxygen atoms in total. The summed E-state index contributed by atoms with van der Waals surface area (Å²) in [5.41, 5.74) is 0.278. The number of hydrogen-bond acceptors (Lipinski definition) is 3. The third-order valence-corrected chi connectivity index (χ3v) is 2.99. The molecule has 1 aliphatic heterocycles. The number of esters is 1. The van der Waals surface area contributed by atoms with Gasteiger partial charge in [-0.25, -0.2) is 4.79 Å². The topological polar surface area (TPSA) is 35.5 Å². The van der Waals surface area contributed by atoms with Crippen LogP contribution in [0, 0.1) is 5.41 Å². The normalized spacial score (nSPS) is 30.6. The molecule has 0 amide bonds. The second-order valence-corrected chi connectivity index (χ2v) is 3.97. The maximum Gasteiger partial charge on any atom is 0.330 e. The molecule has 0 bridgehead atoms. The van der Waals surface area contributed by atoms with Crippen LogP contribution in [0.3, 0.4) is 0 Å². The number of rotatable bonds is 5. The van der Waals surface area contributed by atoms with E-state index in [9.17, 15) is 4.79 Å². The van der Waals surface area contributed by atoms with E-state index in [1.807, 2.05) is 0 Å². The summed E-state index contributed by atoms with van der Waals surface area (Å²) in [5, 5.41) is 0. The largest absolute Gasteiger partial charge is 0.462 e. The van der Waals surface area contributed by atoms with E-state index in [2.05, 4.69) is 20.4 Å². The summed E-state index contributed by atoms with van der Waals surface area (Å²) in [4.78, 5) is 10.7. The molecule has 14 heavy (non-hydrogen) atoms. The summed E-state index contributed by atoms with van der Waals surface area (Å²) < 4.78 is 10.3. The fourth-order valence-corrected chi connectivity index (χ4v) is 1.57. The van der Waals surface area contributed by atoms with Crippen LogP contribution in [-0.2, 0) is 14.3 Å². The highest BCUT2D eigenvalue weighted by Gasteiger charge is 2.42. The molecule has 1 fully saturated rings. The summed E-state index contributed by atoms with van der Waals surface area (Å²) in [6.07, 6.45) is 3.31. The smallest absolute Gasteiger partial charge is 0.330 e. The van der Waals surface area contributed by atoms with Crippen molar-refractivity contribution in [3.05, 3.63) is 12.7 Å². The van der Waals surface area contributed by atoms with E-state index < -0.39 is 0 Å². The van der Waals surface area contributed by atoms with Crippen LogP contribution in [0.2, 0.25) is 0 Å². The van der Waals surface area contributed by atoms with Crippen molar-refractivity contribution in [2.24, 2.45) is 5.41 Å². The molecule has 2 unspecified atom stereocenters. The van der Waals surface area contributed by atoms with Gasteiger partial charge in [0.15, 0.2) is 0 Å². The Balaban J connectivity index is 2.19. The Morgan fingerprint density at radius 1 is 1.79 bits per heavy atom. The fourth-order valence-electron chi connectivity index (χ4n) is 1.57. The Morgan fingerprint density at radius 2 is 2.50 bits per heavy atom. The third kappa shape index (κ3) is 2.35. The second kappa shape index (κ2) is 4.60. The Morgan fingerprint density at radius 3 is 2.93 bits per heavy atom. The first-order valence-corrected chi connectivity index (χ1v) is 5.03. The lowest BCUT2D eigenvalue weighted by Gasteiger charge is -2.46. The minimum absolute atomic E-state index is 0.241. The zero-order chi connectivity index (χ0) is 10.6. The van der Waals surface area contributed by atoms with Crippen LogP contribution in [-0.4, -0.2) is 25.3 Å². The van der Waals surface area contributed by atoms with Crippen LogP contribution in [0.4, 0.5) is 0 Å². The SMILES string of the molecule is C=CC(=O)OCCC1OCC1(C)CC. The highest BCUT2D eigenvalue weighted by atomic mass is 16.5. The molecule has 0 spiro atoms. The standard InChI is InChI=1S/C11H18O3/c1-4-10(12)13-7-6-9-11(3,5-2)8-14-9/h4,9H,1,5-8H2,2-3H3. The van der Waals surface area contributed by atoms with Crippen LogP contribution in [0.1, 0.15) is 26.7 Å². The molecule has 80 valence electrons. The second-order valence-electron chi connectivity index (χ2n) is 3.97. The van der Waals surface area contributed by atoms with Gasteiger partial charge in [0.25, 0.3) is 0 Å². The minimum Gasteiger partial charge on any atom is -0.462 e. The zero-order valence-electron chi connectivity index (χ0n) is 8.91. The van der Waals surface area contributed by atoms with Crippen molar-refractivity contribution in [1.82, 2.24) is 0 Å². The van der Waals surface area contributed by atoms with Gasteiger partial charge in [0.1, 0.15) is 0 Å². The van der Waals surface area contributed by atoms with Gasteiger partial charge in [-0.3, -0.25) is 0 Å². The summed E-state index contributed by atoms with van der Waals surface area (Å²) in [7, 11) is 0. The van der Waals surface area contributed by atoms with E-state index in [-0.39, 0.29) is 17.5 Å². The van der Waals surface area contributed by atoms with Crippen molar-refractivity contribution in [3.63, 3.8) is 0 Å². The van der Waals surface area contributed by atoms with Gasteiger partial charge in [0, 0.05) is 17.9 Å². The van der Waals surface area contributed by atoms with Gasteiger partial charge in [-0.05, 0) is 6.42 Å². The van der Waals surface area contributed by atoms with Gasteiger partial charge in [0.05, 0.1) is 19.3 Å². The summed E-state index contributed by atoms with van der Waals surface area (Å²) in [6, 6.07) is 0. The van der Waals surface area contributed by atoms with Crippen molar-refractivity contribution in [2.75, 3.05) is 13.2 Å². The third-order valence-electron chi connectivity index (χ3n) is 2.99. The predicted octanol–water partition coefficient (Wildman–Crippen LogP) is 1.92. The number of ether oxygens (including phenoxy) is 2. The van der Waals surface area contributed by atoms with Crippen molar-refractivity contribution >= 4 is 5.97 Å². The predicted molar refractivity (Wildman–Crippen MR) is 53.9 cm³/mol. The monoisotopic (exact) mass is 198 g/mol. The van der Waals surface area contributed by atoms with Crippen LogP contribution in [0.25, 0.3) is 0 Å². The van der Waals surface area contributed by atoms with Gasteiger partial charge >= 0.3 is 5.97 Å². The highest BCUT2D eigenvalue weighted by molar-refractivity contribution is 5.81. The van der Waals surface area contributed by atoms with E-state index in [4.69, 9.17) is 9.47 Å². The maximum atomic E-state index is 10.7. The summed E-state index contributed by atoms with van der Waals surface area (Å²) >= 11 is 0. The lowest BCUT2D eigenvalue weighted by atomic mass is 9.76. The van der Waals surface area contributed by atoms with Crippen molar-refractivity contribution < 1.29 is 14.3 Å². The van der Waals surface area contributed by atoms with Gasteiger partial charge in [-0.2, -0.15) is 0 Å². The van der Waals surface area contributed by atoms with Gasteiger partial charge < -0.3 is 9.47 Å². The van der Waals surface area contributed by atoms with Gasteiger partial charge in [-0.15, -0.1) is 0 Å². The van der Waals surface area contributed by atoms with E-state index in [0.29, 0.717) is 6.61 Å². The quantitative estimate of drug-likeness (QED) is 0.500. The molecule has 2 atom stereocenters. The first-order valence-electron chi connectivity index (χ1n) is 5.03. The molecule has 0 aromatic heterocycles. The molecule has 0 N–H and O–H groups in total. The van der Waals surface area contributed by atoms with E-state index in [1.54, 1.807) is 0 Å². The number of hydrogen-bond donors (Lipinski definition) is 0. The molecule has 1 rings (SSSR count). The Bertz CT molecular complexity index is 221. The fraction of sp³-hybridized carbons (Fsp3) is 0.727. The summed E-state index contributed by atoms with van der Waals surface area (Å²) in [6.45, 7) is 8.94. The minimum atomic E-state index is -0.359. The number of carbonyl (C=O) groups is 1. The van der Waals surface area contributed by atoms with Crippen LogP contribution < -0.4 is 0 Å². The highest BCUT2D eigenvalue weighted by Crippen LogP contribution is 2.39. The van der Waals surface area contributed by atoms with Crippen LogP contribution >= 0.6 is 0 Å². The van der Waals surface area contributed by atoms with Crippen molar-refractivity contribution in [2.45, 2.75) is 32.8 Å². The molecule has 1 saturated heterocycles. The molecule has 0 aromatic carbocycles. The van der Waals surface area contributed by atoms with E-state index in [0.717, 1.165) is 19.4 Å². The molecular formula is C11H18O3. The average molecular weight is 198 g/mol. The van der Waals surface area contributed by atoms with Crippen LogP contribution in [0.15, 0.2) is 12.7 Å². The van der Waals surface area contributed by atoms with Crippen LogP contribution in [0.5, 0.6) is 0 Å². The lowest BCUT2D eigenvalue weighted by molar-refractivity contribution is -0.187. The summed E-state index contributed by atoms with van der Waals surface area (Å²) in [5.74, 6) is -0.359. The van der Waals surface area contributed by atoms with Crippen molar-refractivity contribution in [1.29, 1.82) is 0 Å².